The maximum atomic E-state index is 14.1. The minimum absolute atomic E-state index is 0.105. The van der Waals surface area contributed by atoms with E-state index in [1.165, 1.54) is 14.0 Å². The summed E-state index contributed by atoms with van der Waals surface area (Å²) in [7, 11) is 5.21. The van der Waals surface area contributed by atoms with Crippen LogP contribution in [0.25, 0.3) is 11.3 Å². The number of hydroxylamine groups is 1. The first-order valence-electron chi connectivity index (χ1n) is 23.8. The number of nitrogens with zero attached hydrogens (tertiary/aromatic N) is 4. The molecule has 66 heavy (non-hydrogen) atoms. The zero-order valence-electron chi connectivity index (χ0n) is 41.8. The number of Topliss-reactive ketones (excluding diaryl/α,β-unsaturated/α-hetero) is 1. The maximum Gasteiger partial charge on any atom is 0.311 e. The summed E-state index contributed by atoms with van der Waals surface area (Å²) >= 11 is 0. The lowest BCUT2D eigenvalue weighted by Gasteiger charge is -2.56. The topological polar surface area (TPSA) is 224 Å². The minimum Gasteiger partial charge on any atom is -0.459 e. The van der Waals surface area contributed by atoms with Gasteiger partial charge in [-0.25, -0.2) is 5.48 Å². The number of nitrogens with one attached hydrogen (secondary N) is 1. The molecule has 1 amide bonds. The third kappa shape index (κ3) is 12.6. The first-order valence-corrected chi connectivity index (χ1v) is 23.8. The fraction of sp³-hybridized carbons (Fsp3) is 0.776. The number of aliphatic hydroxyl groups is 3. The molecule has 3 heterocycles. The van der Waals surface area contributed by atoms with E-state index < -0.39 is 88.7 Å². The first-order chi connectivity index (χ1) is 30.9. The number of hydrogen-bond donors (Lipinski definition) is 5. The summed E-state index contributed by atoms with van der Waals surface area (Å²) in [5.74, 6) is -4.75. The normalized spacial score (nSPS) is 36.2. The minimum atomic E-state index is -1.95. The number of benzene rings is 1. The lowest BCUT2D eigenvalue weighted by Crippen LogP contribution is -2.64. The number of aryl methyl sites for hydroxylation is 1. The number of esters is 1. The van der Waals surface area contributed by atoms with Crippen molar-refractivity contribution >= 4 is 17.7 Å². The highest BCUT2D eigenvalue weighted by molar-refractivity contribution is 5.83. The predicted molar refractivity (Wildman–Crippen MR) is 247 cm³/mol. The van der Waals surface area contributed by atoms with Crippen molar-refractivity contribution in [2.45, 2.75) is 187 Å². The molecule has 0 radical (unpaired) electrons. The Labute approximate surface area is 392 Å². The maximum absolute atomic E-state index is 14.1. The van der Waals surface area contributed by atoms with Gasteiger partial charge in [-0.2, -0.15) is 0 Å². The van der Waals surface area contributed by atoms with Crippen LogP contribution >= 0.6 is 0 Å². The summed E-state index contributed by atoms with van der Waals surface area (Å²) < 4.78 is 33.6. The van der Waals surface area contributed by atoms with Crippen LogP contribution < -0.4 is 5.48 Å². The molecule has 0 bridgehead atoms. The van der Waals surface area contributed by atoms with E-state index in [4.69, 9.17) is 28.9 Å². The van der Waals surface area contributed by atoms with Crippen LogP contribution in [0.3, 0.4) is 0 Å². The van der Waals surface area contributed by atoms with Crippen LogP contribution in [0.15, 0.2) is 30.5 Å². The van der Waals surface area contributed by atoms with Gasteiger partial charge in [0.2, 0.25) is 5.91 Å². The largest absolute Gasteiger partial charge is 0.459 e. The van der Waals surface area contributed by atoms with Crippen LogP contribution in [0.5, 0.6) is 0 Å². The monoisotopic (exact) mass is 932 g/mol. The van der Waals surface area contributed by atoms with Crippen molar-refractivity contribution in [1.29, 1.82) is 0 Å². The summed E-state index contributed by atoms with van der Waals surface area (Å²) in [4.78, 5) is 41.3. The molecular weight excluding hydrogens is 851 g/mol. The highest BCUT2D eigenvalue weighted by Gasteiger charge is 2.57. The number of rotatable bonds is 17. The Hall–Kier alpha value is -3.39. The summed E-state index contributed by atoms with van der Waals surface area (Å²) in [5.41, 5.74) is -0.0235. The number of unbranched alkanes of at least 4 members (excludes halogenated alkanes) is 3. The molecule has 1 aromatic heterocycles. The third-order valence-corrected chi connectivity index (χ3v) is 15.3. The van der Waals surface area contributed by atoms with E-state index in [0.29, 0.717) is 25.9 Å². The number of aliphatic hydroxyl groups excluding tert-OH is 2. The molecule has 17 heteroatoms. The van der Waals surface area contributed by atoms with Gasteiger partial charge in [-0.05, 0) is 72.9 Å². The zero-order chi connectivity index (χ0) is 49.4. The first kappa shape index (κ1) is 55.2. The van der Waals surface area contributed by atoms with Crippen LogP contribution in [0.4, 0.5) is 0 Å². The molecule has 14 atom stereocenters. The lowest BCUT2D eigenvalue weighted by molar-refractivity contribution is -0.313. The van der Waals surface area contributed by atoms with Crippen LogP contribution in [-0.4, -0.2) is 140 Å². The molecule has 1 aromatic carbocycles. The van der Waals surface area contributed by atoms with Gasteiger partial charge in [-0.3, -0.25) is 24.3 Å². The molecule has 0 saturated carbocycles. The Morgan fingerprint density at radius 2 is 1.59 bits per heavy atom. The van der Waals surface area contributed by atoms with Crippen molar-refractivity contribution in [3.8, 4) is 11.3 Å². The van der Waals surface area contributed by atoms with Gasteiger partial charge < -0.3 is 43.9 Å². The second-order valence-electron chi connectivity index (χ2n) is 20.2. The Morgan fingerprint density at radius 3 is 2.20 bits per heavy atom. The number of ketones is 1. The van der Waals surface area contributed by atoms with E-state index in [2.05, 4.69) is 41.3 Å². The summed E-state index contributed by atoms with van der Waals surface area (Å²) in [6.45, 7) is 19.7. The Kier molecular flexibility index (Phi) is 19.5. The van der Waals surface area contributed by atoms with E-state index in [1.807, 2.05) is 36.9 Å². The molecular formula is C49H81N5O12. The predicted octanol–water partition coefficient (Wildman–Crippen LogP) is 5.48. The van der Waals surface area contributed by atoms with Gasteiger partial charge in [0, 0.05) is 75.4 Å². The van der Waals surface area contributed by atoms with E-state index >= 15 is 0 Å². The van der Waals surface area contributed by atoms with Gasteiger partial charge in [-0.15, -0.1) is 5.10 Å². The third-order valence-electron chi connectivity index (χ3n) is 15.3. The number of amides is 1. The van der Waals surface area contributed by atoms with Gasteiger partial charge in [0.1, 0.15) is 23.2 Å². The smallest absolute Gasteiger partial charge is 0.311 e. The van der Waals surface area contributed by atoms with Gasteiger partial charge >= 0.3 is 5.97 Å². The molecule has 17 nitrogen and oxygen atoms in total. The summed E-state index contributed by atoms with van der Waals surface area (Å²) in [6.07, 6.45) is 0.129. The Balaban J connectivity index is 1.49. The molecule has 2 saturated heterocycles. The standard InChI is InChI=1S/C49H81N5O12/c1-14-38-49(10,60)44(58)31(3)41(56)30(2)25-47(8,62-12)43(57)32(4)42(33(5)45(59)65-38)66-40-26-48(9,63-13)46(7,34(6)64-40)29-53(11)27-35-20-22-36(23-21-35)37-28-54(52-50-37)24-18-16-15-17-19-39(55)51-61/h20-23,28,30-34,38,40,42-44,57-58,60-61H,14-19,24-27,29H2,1-13H3,(H,51,55)/t30-,31+,32+,33-,34+,38-,40+,42+,43-,44-,46+,47-,48-,49-/m1/s1. The second-order valence-corrected chi connectivity index (χ2v) is 20.2. The number of carbonyl (C=O) groups is 3. The summed E-state index contributed by atoms with van der Waals surface area (Å²) in [6, 6.07) is 8.26. The Bertz CT molecular complexity index is 1880. The molecule has 2 aliphatic rings. The van der Waals surface area contributed by atoms with E-state index in [9.17, 15) is 29.7 Å². The number of aromatic nitrogens is 3. The molecule has 4 rings (SSSR count). The Morgan fingerprint density at radius 1 is 0.939 bits per heavy atom. The highest BCUT2D eigenvalue weighted by Crippen LogP contribution is 2.48. The number of cyclic esters (lactones) is 1. The van der Waals surface area contributed by atoms with Crippen LogP contribution in [-0.2, 0) is 51.2 Å². The molecule has 0 spiro atoms. The highest BCUT2D eigenvalue weighted by atomic mass is 16.7. The van der Waals surface area contributed by atoms with Gasteiger partial charge in [0.15, 0.2) is 6.29 Å². The second kappa shape index (κ2) is 23.3. The number of hydrogen-bond acceptors (Lipinski definition) is 15. The van der Waals surface area contributed by atoms with Crippen LogP contribution in [0.2, 0.25) is 0 Å². The van der Waals surface area contributed by atoms with Crippen molar-refractivity contribution in [2.75, 3.05) is 27.8 Å². The fourth-order valence-electron chi connectivity index (χ4n) is 10.3. The molecule has 2 aliphatic heterocycles. The molecule has 2 fully saturated rings. The number of methoxy groups -OCH3 is 2. The average Bonchev–Trinajstić information content (AvgIpc) is 3.77. The lowest BCUT2D eigenvalue weighted by atomic mass is 9.66. The molecule has 0 unspecified atom stereocenters. The zero-order valence-corrected chi connectivity index (χ0v) is 41.8. The van der Waals surface area contributed by atoms with E-state index in [0.717, 1.165) is 49.0 Å². The molecule has 374 valence electrons. The van der Waals surface area contributed by atoms with Gasteiger partial charge in [-0.1, -0.05) is 76.9 Å². The van der Waals surface area contributed by atoms with Crippen molar-refractivity contribution in [2.24, 2.45) is 29.1 Å². The summed E-state index contributed by atoms with van der Waals surface area (Å²) in [5, 5.41) is 52.4. The van der Waals surface area contributed by atoms with E-state index in [-0.39, 0.29) is 24.5 Å². The molecule has 0 aliphatic carbocycles. The van der Waals surface area contributed by atoms with Crippen LogP contribution in [0, 0.1) is 29.1 Å². The van der Waals surface area contributed by atoms with Crippen molar-refractivity contribution in [3.63, 3.8) is 0 Å². The number of ether oxygens (including phenoxy) is 5. The number of carbonyl (C=O) groups excluding carboxylic acids is 3. The van der Waals surface area contributed by atoms with Crippen molar-refractivity contribution < 1.29 is 58.6 Å². The fourth-order valence-corrected chi connectivity index (χ4v) is 10.3. The van der Waals surface area contributed by atoms with Gasteiger partial charge in [0.25, 0.3) is 0 Å². The van der Waals surface area contributed by atoms with Crippen molar-refractivity contribution in [1.82, 2.24) is 25.4 Å². The quantitative estimate of drug-likeness (QED) is 0.0573. The van der Waals surface area contributed by atoms with Crippen molar-refractivity contribution in [3.05, 3.63) is 36.0 Å². The SMILES string of the molecule is CC[C@H]1OC(=O)[C@H](C)[C@@H](O[C@H]2C[C@@](C)(OC)[C@@](C)(CN(C)Cc3ccc(-c4cn(CCCCCCC(=O)NO)nn4)cc3)[C@H](C)O2)[C@H](C)[C@@H](O)[C@](C)(OC)C[C@@H](C)C(=O)[C@H](C)[C@@H](O)[C@]1(C)O. The molecule has 2 aromatic rings. The average molecular weight is 932 g/mol. The van der Waals surface area contributed by atoms with Gasteiger partial charge in [0.05, 0.1) is 47.7 Å². The van der Waals surface area contributed by atoms with Crippen LogP contribution in [0.1, 0.15) is 126 Å². The molecule has 5 N–H and O–H groups in total. The van der Waals surface area contributed by atoms with E-state index in [1.54, 1.807) is 54.1 Å².